The minimum absolute atomic E-state index is 0.0136. The molecule has 0 saturated carbocycles. The molecule has 0 aliphatic rings. The molecule has 1 amide bonds. The van der Waals surface area contributed by atoms with E-state index < -0.39 is 15.9 Å². The van der Waals surface area contributed by atoms with Crippen LogP contribution < -0.4 is 10.1 Å². The number of sulfonamides is 1. The zero-order valence-corrected chi connectivity index (χ0v) is 17.0. The zero-order chi connectivity index (χ0) is 20.2. The normalized spacial score (nSPS) is 12.1. The van der Waals surface area contributed by atoms with Crippen molar-refractivity contribution >= 4 is 27.3 Å². The smallest absolute Gasteiger partial charge is 0.271 e. The standard InChI is InChI=1S/C20H25N3O3S/c1-13(2)16(5)21-22-20(24)17-7-6-8-18(12-17)27(25,26)23-19-10-9-14(3)11-15(19)4/h6-13,23H,1-5H3,(H,22,24)/b21-16+. The van der Waals surface area contributed by atoms with Crippen LogP contribution in [-0.2, 0) is 10.0 Å². The van der Waals surface area contributed by atoms with Crippen LogP contribution in [0.4, 0.5) is 5.69 Å². The Balaban J connectivity index is 2.25. The highest BCUT2D eigenvalue weighted by atomic mass is 32.2. The van der Waals surface area contributed by atoms with Crippen molar-refractivity contribution in [3.05, 3.63) is 59.2 Å². The van der Waals surface area contributed by atoms with Gasteiger partial charge in [0.2, 0.25) is 0 Å². The number of carbonyl (C=O) groups excluding carboxylic acids is 1. The highest BCUT2D eigenvalue weighted by Crippen LogP contribution is 2.21. The van der Waals surface area contributed by atoms with Crippen LogP contribution in [0.25, 0.3) is 0 Å². The summed E-state index contributed by atoms with van der Waals surface area (Å²) < 4.78 is 28.0. The SMILES string of the molecule is C/C(=N\NC(=O)c1cccc(S(=O)(=O)Nc2ccc(C)cc2C)c1)C(C)C. The van der Waals surface area contributed by atoms with Gasteiger partial charge in [-0.2, -0.15) is 5.10 Å². The molecule has 2 rings (SSSR count). The van der Waals surface area contributed by atoms with E-state index in [1.165, 1.54) is 18.2 Å². The van der Waals surface area contributed by atoms with Gasteiger partial charge in [-0.3, -0.25) is 9.52 Å². The summed E-state index contributed by atoms with van der Waals surface area (Å²) in [7, 11) is -3.82. The van der Waals surface area contributed by atoms with E-state index in [-0.39, 0.29) is 16.4 Å². The average Bonchev–Trinajstić information content (AvgIpc) is 2.61. The van der Waals surface area contributed by atoms with E-state index in [2.05, 4.69) is 15.2 Å². The lowest BCUT2D eigenvalue weighted by molar-refractivity contribution is 0.0954. The van der Waals surface area contributed by atoms with Crippen molar-refractivity contribution in [1.29, 1.82) is 0 Å². The molecule has 0 aromatic heterocycles. The maximum atomic E-state index is 12.7. The molecular weight excluding hydrogens is 362 g/mol. The number of benzene rings is 2. The first-order chi connectivity index (χ1) is 12.6. The Hall–Kier alpha value is -2.67. The van der Waals surface area contributed by atoms with E-state index in [0.717, 1.165) is 16.8 Å². The molecule has 0 fully saturated rings. The van der Waals surface area contributed by atoms with Crippen LogP contribution in [0.1, 0.15) is 42.3 Å². The number of nitrogens with one attached hydrogen (secondary N) is 2. The highest BCUT2D eigenvalue weighted by Gasteiger charge is 2.17. The first-order valence-electron chi connectivity index (χ1n) is 8.65. The van der Waals surface area contributed by atoms with Gasteiger partial charge in [0.25, 0.3) is 15.9 Å². The summed E-state index contributed by atoms with van der Waals surface area (Å²) in [6.07, 6.45) is 0. The Bertz CT molecular complexity index is 980. The summed E-state index contributed by atoms with van der Waals surface area (Å²) in [4.78, 5) is 12.3. The van der Waals surface area contributed by atoms with E-state index in [4.69, 9.17) is 0 Å². The number of amides is 1. The minimum atomic E-state index is -3.82. The maximum Gasteiger partial charge on any atom is 0.271 e. The molecule has 2 aromatic rings. The van der Waals surface area contributed by atoms with Crippen LogP contribution in [0.2, 0.25) is 0 Å². The lowest BCUT2D eigenvalue weighted by Crippen LogP contribution is -2.21. The summed E-state index contributed by atoms with van der Waals surface area (Å²) in [6.45, 7) is 9.54. The third-order valence-corrected chi connectivity index (χ3v) is 5.57. The zero-order valence-electron chi connectivity index (χ0n) is 16.2. The molecule has 2 N–H and O–H groups in total. The summed E-state index contributed by atoms with van der Waals surface area (Å²) in [6, 6.07) is 11.3. The minimum Gasteiger partial charge on any atom is -0.279 e. The fraction of sp³-hybridized carbons (Fsp3) is 0.300. The van der Waals surface area contributed by atoms with E-state index in [1.54, 1.807) is 12.1 Å². The van der Waals surface area contributed by atoms with Crippen molar-refractivity contribution in [2.75, 3.05) is 4.72 Å². The van der Waals surface area contributed by atoms with Crippen LogP contribution in [0.5, 0.6) is 0 Å². The Morgan fingerprint density at radius 2 is 1.78 bits per heavy atom. The van der Waals surface area contributed by atoms with Crippen molar-refractivity contribution in [1.82, 2.24) is 5.43 Å². The van der Waals surface area contributed by atoms with Gasteiger partial charge in [0, 0.05) is 11.3 Å². The Morgan fingerprint density at radius 3 is 2.41 bits per heavy atom. The van der Waals surface area contributed by atoms with Gasteiger partial charge in [0.05, 0.1) is 10.6 Å². The van der Waals surface area contributed by atoms with Crippen molar-refractivity contribution < 1.29 is 13.2 Å². The van der Waals surface area contributed by atoms with Crippen molar-refractivity contribution in [3.8, 4) is 0 Å². The van der Waals surface area contributed by atoms with Crippen molar-refractivity contribution in [2.24, 2.45) is 11.0 Å². The number of carbonyl (C=O) groups is 1. The predicted octanol–water partition coefficient (Wildman–Crippen LogP) is 3.87. The molecule has 144 valence electrons. The molecule has 0 aliphatic heterocycles. The first-order valence-corrected chi connectivity index (χ1v) is 10.1. The van der Waals surface area contributed by atoms with Crippen LogP contribution in [0, 0.1) is 19.8 Å². The molecule has 0 bridgehead atoms. The van der Waals surface area contributed by atoms with Gasteiger partial charge in [0.1, 0.15) is 0 Å². The molecule has 0 spiro atoms. The molecule has 0 atom stereocenters. The van der Waals surface area contributed by atoms with Crippen LogP contribution >= 0.6 is 0 Å². The average molecular weight is 388 g/mol. The number of rotatable bonds is 6. The first kappa shape index (κ1) is 20.6. The molecule has 0 radical (unpaired) electrons. The topological polar surface area (TPSA) is 87.6 Å². The fourth-order valence-corrected chi connectivity index (χ4v) is 3.45. The summed E-state index contributed by atoms with van der Waals surface area (Å²) >= 11 is 0. The molecular formula is C20H25N3O3S. The highest BCUT2D eigenvalue weighted by molar-refractivity contribution is 7.92. The lowest BCUT2D eigenvalue weighted by atomic mass is 10.1. The number of anilines is 1. The Morgan fingerprint density at radius 1 is 1.07 bits per heavy atom. The molecule has 7 heteroatoms. The van der Waals surface area contributed by atoms with E-state index >= 15 is 0 Å². The van der Waals surface area contributed by atoms with Gasteiger partial charge >= 0.3 is 0 Å². The van der Waals surface area contributed by atoms with E-state index in [1.807, 2.05) is 46.8 Å². The third-order valence-electron chi connectivity index (χ3n) is 4.20. The van der Waals surface area contributed by atoms with Crippen LogP contribution in [-0.4, -0.2) is 20.0 Å². The monoisotopic (exact) mass is 387 g/mol. The number of hydrogen-bond donors (Lipinski definition) is 2. The second-order valence-electron chi connectivity index (χ2n) is 6.80. The third kappa shape index (κ3) is 5.40. The van der Waals surface area contributed by atoms with Gasteiger partial charge in [-0.05, 0) is 56.5 Å². The summed E-state index contributed by atoms with van der Waals surface area (Å²) in [5.74, 6) is -0.252. The van der Waals surface area contributed by atoms with Crippen LogP contribution in [0.3, 0.4) is 0 Å². The largest absolute Gasteiger partial charge is 0.279 e. The maximum absolute atomic E-state index is 12.7. The van der Waals surface area contributed by atoms with Crippen molar-refractivity contribution in [2.45, 2.75) is 39.5 Å². The quantitative estimate of drug-likeness (QED) is 0.583. The molecule has 0 heterocycles. The van der Waals surface area contributed by atoms with Crippen molar-refractivity contribution in [3.63, 3.8) is 0 Å². The number of nitrogens with zero attached hydrogens (tertiary/aromatic N) is 1. The Labute approximate surface area is 160 Å². The predicted molar refractivity (Wildman–Crippen MR) is 109 cm³/mol. The number of aryl methyl sites for hydroxylation is 2. The number of hydrogen-bond acceptors (Lipinski definition) is 4. The second-order valence-corrected chi connectivity index (χ2v) is 8.48. The summed E-state index contributed by atoms with van der Waals surface area (Å²) in [5.41, 5.74) is 5.84. The molecule has 0 saturated heterocycles. The molecule has 0 unspecified atom stereocenters. The number of hydrazone groups is 1. The second kappa shape index (κ2) is 8.35. The van der Waals surface area contributed by atoms with Crippen LogP contribution in [0.15, 0.2) is 52.5 Å². The Kier molecular flexibility index (Phi) is 6.38. The van der Waals surface area contributed by atoms with Gasteiger partial charge in [-0.25, -0.2) is 13.8 Å². The molecule has 27 heavy (non-hydrogen) atoms. The summed E-state index contributed by atoms with van der Waals surface area (Å²) in [5, 5.41) is 4.03. The molecule has 0 aliphatic carbocycles. The van der Waals surface area contributed by atoms with E-state index in [0.29, 0.717) is 5.69 Å². The van der Waals surface area contributed by atoms with Gasteiger partial charge in [-0.15, -0.1) is 0 Å². The lowest BCUT2D eigenvalue weighted by Gasteiger charge is -2.12. The molecule has 2 aromatic carbocycles. The molecule has 6 nitrogen and oxygen atoms in total. The van der Waals surface area contributed by atoms with Gasteiger partial charge < -0.3 is 0 Å². The van der Waals surface area contributed by atoms with E-state index in [9.17, 15) is 13.2 Å². The van der Waals surface area contributed by atoms with Gasteiger partial charge in [-0.1, -0.05) is 37.6 Å². The fourth-order valence-electron chi connectivity index (χ4n) is 2.27. The van der Waals surface area contributed by atoms with Gasteiger partial charge in [0.15, 0.2) is 0 Å².